The van der Waals surface area contributed by atoms with Crippen LogP contribution in [0.3, 0.4) is 0 Å². The molecular formula is C17H21N3O3S. The van der Waals surface area contributed by atoms with Gasteiger partial charge in [0, 0.05) is 32.2 Å². The summed E-state index contributed by atoms with van der Waals surface area (Å²) in [5.74, 6) is 0.749. The van der Waals surface area contributed by atoms with Crippen molar-refractivity contribution in [2.75, 3.05) is 26.2 Å². The molecule has 1 fully saturated rings. The number of aryl methyl sites for hydroxylation is 1. The van der Waals surface area contributed by atoms with E-state index in [-0.39, 0.29) is 18.2 Å². The van der Waals surface area contributed by atoms with Crippen LogP contribution in [0.2, 0.25) is 0 Å². The molecular weight excluding hydrogens is 326 g/mol. The van der Waals surface area contributed by atoms with E-state index >= 15 is 0 Å². The van der Waals surface area contributed by atoms with Crippen LogP contribution in [0, 0.1) is 6.92 Å². The molecule has 0 aromatic carbocycles. The van der Waals surface area contributed by atoms with Crippen molar-refractivity contribution < 1.29 is 14.1 Å². The first-order valence-corrected chi connectivity index (χ1v) is 9.05. The smallest absolute Gasteiger partial charge is 0.230 e. The number of rotatable bonds is 4. The van der Waals surface area contributed by atoms with Gasteiger partial charge < -0.3 is 14.3 Å². The largest absolute Gasteiger partial charge is 0.361 e. The lowest BCUT2D eigenvalue weighted by molar-refractivity contribution is -0.133. The third-order valence-electron chi connectivity index (χ3n) is 4.14. The van der Waals surface area contributed by atoms with Gasteiger partial charge in [0.25, 0.3) is 0 Å². The Hall–Kier alpha value is -2.15. The van der Waals surface area contributed by atoms with Crippen molar-refractivity contribution in [1.82, 2.24) is 15.0 Å². The summed E-state index contributed by atoms with van der Waals surface area (Å²) in [6.45, 7) is 4.37. The zero-order valence-corrected chi connectivity index (χ0v) is 14.6. The van der Waals surface area contributed by atoms with Gasteiger partial charge in [0.2, 0.25) is 11.8 Å². The van der Waals surface area contributed by atoms with Crippen molar-refractivity contribution in [3.8, 4) is 0 Å². The van der Waals surface area contributed by atoms with E-state index in [1.54, 1.807) is 17.4 Å². The van der Waals surface area contributed by atoms with Crippen LogP contribution < -0.4 is 0 Å². The van der Waals surface area contributed by atoms with Crippen LogP contribution in [0.4, 0.5) is 0 Å². The molecule has 0 unspecified atom stereocenters. The van der Waals surface area contributed by atoms with Crippen LogP contribution in [-0.4, -0.2) is 52.9 Å². The molecule has 2 amide bonds. The van der Waals surface area contributed by atoms with Crippen LogP contribution in [0.1, 0.15) is 23.4 Å². The first kappa shape index (κ1) is 16.7. The molecule has 0 N–H and O–H groups in total. The molecule has 128 valence electrons. The van der Waals surface area contributed by atoms with Gasteiger partial charge in [-0.15, -0.1) is 0 Å². The molecule has 2 aromatic rings. The summed E-state index contributed by atoms with van der Waals surface area (Å²) >= 11 is 1.60. The van der Waals surface area contributed by atoms with E-state index in [4.69, 9.17) is 4.52 Å². The fraction of sp³-hybridized carbons (Fsp3) is 0.471. The molecule has 0 radical (unpaired) electrons. The minimum Gasteiger partial charge on any atom is -0.361 e. The van der Waals surface area contributed by atoms with Gasteiger partial charge in [-0.1, -0.05) is 5.16 Å². The van der Waals surface area contributed by atoms with E-state index in [9.17, 15) is 9.59 Å². The Balaban J connectivity index is 1.52. The summed E-state index contributed by atoms with van der Waals surface area (Å²) in [4.78, 5) is 28.5. The normalized spacial score (nSPS) is 15.4. The van der Waals surface area contributed by atoms with E-state index in [0.29, 0.717) is 38.4 Å². The number of thiophene rings is 1. The van der Waals surface area contributed by atoms with E-state index in [1.165, 1.54) is 0 Å². The number of carbonyl (C=O) groups excluding carboxylic acids is 2. The van der Waals surface area contributed by atoms with Crippen LogP contribution >= 0.6 is 11.3 Å². The molecule has 0 bridgehead atoms. The van der Waals surface area contributed by atoms with Gasteiger partial charge in [-0.05, 0) is 35.7 Å². The molecule has 6 nitrogen and oxygen atoms in total. The summed E-state index contributed by atoms with van der Waals surface area (Å²) < 4.78 is 5.11. The second-order valence-corrected chi connectivity index (χ2v) is 6.81. The predicted octanol–water partition coefficient (Wildman–Crippen LogP) is 1.89. The Morgan fingerprint density at radius 1 is 1.17 bits per heavy atom. The minimum atomic E-state index is 0.0262. The maximum atomic E-state index is 12.4. The molecule has 24 heavy (non-hydrogen) atoms. The van der Waals surface area contributed by atoms with E-state index in [0.717, 1.165) is 17.7 Å². The van der Waals surface area contributed by atoms with Crippen molar-refractivity contribution in [3.05, 3.63) is 39.9 Å². The molecule has 7 heteroatoms. The summed E-state index contributed by atoms with van der Waals surface area (Å²) in [5.41, 5.74) is 1.83. The Bertz CT molecular complexity index is 696. The van der Waals surface area contributed by atoms with Gasteiger partial charge in [0.15, 0.2) is 0 Å². The fourth-order valence-electron chi connectivity index (χ4n) is 2.86. The number of hydrogen-bond donors (Lipinski definition) is 0. The van der Waals surface area contributed by atoms with Crippen molar-refractivity contribution >= 4 is 23.2 Å². The zero-order valence-electron chi connectivity index (χ0n) is 13.7. The molecule has 1 aliphatic heterocycles. The molecule has 3 heterocycles. The van der Waals surface area contributed by atoms with Gasteiger partial charge in [-0.25, -0.2) is 0 Å². The standard InChI is InChI=1S/C17H21N3O3S/c1-13-9-15(23-18-13)11-17(22)20-5-2-4-19(6-7-20)16(21)10-14-3-8-24-12-14/h3,8-9,12H,2,4-7,10-11H2,1H3. The van der Waals surface area contributed by atoms with E-state index in [1.807, 2.05) is 33.6 Å². The highest BCUT2D eigenvalue weighted by Gasteiger charge is 2.23. The number of aromatic nitrogens is 1. The summed E-state index contributed by atoms with van der Waals surface area (Å²) in [7, 11) is 0. The topological polar surface area (TPSA) is 66.7 Å². The summed E-state index contributed by atoms with van der Waals surface area (Å²) in [6, 6.07) is 3.77. The monoisotopic (exact) mass is 347 g/mol. The van der Waals surface area contributed by atoms with Gasteiger partial charge in [0.05, 0.1) is 18.5 Å². The number of carbonyl (C=O) groups is 2. The highest BCUT2D eigenvalue weighted by molar-refractivity contribution is 7.08. The van der Waals surface area contributed by atoms with Gasteiger partial charge >= 0.3 is 0 Å². The van der Waals surface area contributed by atoms with Crippen LogP contribution in [0.15, 0.2) is 27.4 Å². The highest BCUT2D eigenvalue weighted by atomic mass is 32.1. The van der Waals surface area contributed by atoms with Crippen LogP contribution in [0.25, 0.3) is 0 Å². The number of amides is 2. The Morgan fingerprint density at radius 3 is 2.46 bits per heavy atom. The quantitative estimate of drug-likeness (QED) is 0.847. The predicted molar refractivity (Wildman–Crippen MR) is 90.7 cm³/mol. The first-order chi connectivity index (χ1) is 11.6. The van der Waals surface area contributed by atoms with Crippen molar-refractivity contribution in [3.63, 3.8) is 0 Å². The maximum absolute atomic E-state index is 12.4. The fourth-order valence-corrected chi connectivity index (χ4v) is 3.53. The first-order valence-electron chi connectivity index (χ1n) is 8.10. The highest BCUT2D eigenvalue weighted by Crippen LogP contribution is 2.12. The number of nitrogens with zero attached hydrogens (tertiary/aromatic N) is 3. The molecule has 3 rings (SSSR count). The van der Waals surface area contributed by atoms with Crippen molar-refractivity contribution in [2.45, 2.75) is 26.2 Å². The Labute approximate surface area is 145 Å². The van der Waals surface area contributed by atoms with Crippen molar-refractivity contribution in [1.29, 1.82) is 0 Å². The molecule has 0 saturated carbocycles. The van der Waals surface area contributed by atoms with E-state index in [2.05, 4.69) is 5.16 Å². The molecule has 2 aromatic heterocycles. The van der Waals surface area contributed by atoms with Gasteiger partial charge in [-0.2, -0.15) is 11.3 Å². The lowest BCUT2D eigenvalue weighted by Gasteiger charge is -2.22. The lowest BCUT2D eigenvalue weighted by Crippen LogP contribution is -2.38. The van der Waals surface area contributed by atoms with Crippen molar-refractivity contribution in [2.24, 2.45) is 0 Å². The van der Waals surface area contributed by atoms with Gasteiger partial charge in [0.1, 0.15) is 5.76 Å². The van der Waals surface area contributed by atoms with Crippen LogP contribution in [-0.2, 0) is 22.4 Å². The Kier molecular flexibility index (Phi) is 5.30. The maximum Gasteiger partial charge on any atom is 0.230 e. The third kappa shape index (κ3) is 4.23. The zero-order chi connectivity index (χ0) is 16.9. The number of hydrogen-bond acceptors (Lipinski definition) is 5. The lowest BCUT2D eigenvalue weighted by atomic mass is 10.2. The molecule has 0 spiro atoms. The molecule has 1 saturated heterocycles. The molecule has 0 atom stereocenters. The van der Waals surface area contributed by atoms with Gasteiger partial charge in [-0.3, -0.25) is 9.59 Å². The molecule has 1 aliphatic rings. The van der Waals surface area contributed by atoms with E-state index < -0.39 is 0 Å². The molecule has 0 aliphatic carbocycles. The second-order valence-electron chi connectivity index (χ2n) is 6.03. The second kappa shape index (κ2) is 7.61. The Morgan fingerprint density at radius 2 is 1.88 bits per heavy atom. The minimum absolute atomic E-state index is 0.0262. The summed E-state index contributed by atoms with van der Waals surface area (Å²) in [5, 5.41) is 7.79. The average molecular weight is 347 g/mol. The SMILES string of the molecule is Cc1cc(CC(=O)N2CCCN(C(=O)Cc3ccsc3)CC2)on1. The summed E-state index contributed by atoms with van der Waals surface area (Å²) in [6.07, 6.45) is 1.47. The average Bonchev–Trinajstić information content (AvgIpc) is 3.12. The third-order valence-corrected chi connectivity index (χ3v) is 4.87. The van der Waals surface area contributed by atoms with Crippen LogP contribution in [0.5, 0.6) is 0 Å².